The van der Waals surface area contributed by atoms with Crippen molar-refractivity contribution in [1.29, 1.82) is 5.26 Å². The van der Waals surface area contributed by atoms with Gasteiger partial charge in [-0.1, -0.05) is 38.5 Å². The van der Waals surface area contributed by atoms with Crippen LogP contribution in [0, 0.1) is 17.4 Å². The fraction of sp³-hybridized carbons (Fsp3) is 0.667. The lowest BCUT2D eigenvalue weighted by Gasteiger charge is -2.27. The Bertz CT molecular complexity index is 745. The number of hydrogen-bond donors (Lipinski definition) is 2. The van der Waals surface area contributed by atoms with Crippen molar-refractivity contribution < 1.29 is 9.63 Å². The summed E-state index contributed by atoms with van der Waals surface area (Å²) in [5.41, 5.74) is 6.84. The zero-order chi connectivity index (χ0) is 23.7. The number of pyridine rings is 1. The van der Waals surface area contributed by atoms with Crippen molar-refractivity contribution >= 4 is 17.7 Å². The molecule has 1 saturated carbocycles. The molecule has 0 atom stereocenters. The molecule has 33 heavy (non-hydrogen) atoms. The second-order valence-corrected chi connectivity index (χ2v) is 8.43. The molecule has 1 aromatic heterocycles. The van der Waals surface area contributed by atoms with Crippen molar-refractivity contribution in [1.82, 2.24) is 15.4 Å². The number of unbranched alkanes of at least 4 members (excludes halogenated alkanes) is 4. The summed E-state index contributed by atoms with van der Waals surface area (Å²) in [5.74, 6) is 0.757. The van der Waals surface area contributed by atoms with Crippen molar-refractivity contribution in [2.24, 2.45) is 16.6 Å². The standard InChI is InChI=1S/C24H39N7O2/c1-2-28-24(32)31(33-19-21-11-7-6-8-12-21)18-10-5-3-4-9-17-30(23(26)29-20-25)22-13-15-27-16-14-22/h13-16,21H,2-12,17-19H2,1H3,(H2,26,29)(H,28,32). The van der Waals surface area contributed by atoms with E-state index in [-0.39, 0.29) is 12.0 Å². The maximum atomic E-state index is 12.3. The number of hydrogen-bond acceptors (Lipinski definition) is 5. The van der Waals surface area contributed by atoms with Crippen molar-refractivity contribution in [2.45, 2.75) is 71.1 Å². The second-order valence-electron chi connectivity index (χ2n) is 8.43. The summed E-state index contributed by atoms with van der Waals surface area (Å²) in [6.07, 6.45) is 16.3. The molecule has 3 N–H and O–H groups in total. The van der Waals surface area contributed by atoms with Gasteiger partial charge in [-0.05, 0) is 50.7 Å². The van der Waals surface area contributed by atoms with Gasteiger partial charge >= 0.3 is 6.03 Å². The van der Waals surface area contributed by atoms with Gasteiger partial charge in [0.2, 0.25) is 12.2 Å². The first-order chi connectivity index (χ1) is 16.2. The fourth-order valence-electron chi connectivity index (χ4n) is 4.08. The highest BCUT2D eigenvalue weighted by atomic mass is 16.7. The molecular formula is C24H39N7O2. The fourth-order valence-corrected chi connectivity index (χ4v) is 4.08. The van der Waals surface area contributed by atoms with Crippen LogP contribution in [0.4, 0.5) is 10.5 Å². The molecule has 0 aliphatic heterocycles. The number of carbonyl (C=O) groups is 1. The van der Waals surface area contributed by atoms with E-state index in [9.17, 15) is 4.79 Å². The zero-order valence-electron chi connectivity index (χ0n) is 19.9. The molecular weight excluding hydrogens is 418 g/mol. The number of carbonyl (C=O) groups excluding carboxylic acids is 1. The van der Waals surface area contributed by atoms with Crippen LogP contribution in [-0.2, 0) is 4.84 Å². The van der Waals surface area contributed by atoms with Gasteiger partial charge in [0.05, 0.1) is 13.2 Å². The highest BCUT2D eigenvalue weighted by Gasteiger charge is 2.18. The summed E-state index contributed by atoms with van der Waals surface area (Å²) in [4.78, 5) is 27.8. The number of rotatable bonds is 13. The Morgan fingerprint density at radius 3 is 2.52 bits per heavy atom. The minimum Gasteiger partial charge on any atom is -0.369 e. The first-order valence-electron chi connectivity index (χ1n) is 12.2. The molecule has 1 aromatic rings. The second kappa shape index (κ2) is 15.9. The average molecular weight is 458 g/mol. The molecule has 182 valence electrons. The van der Waals surface area contributed by atoms with E-state index < -0.39 is 0 Å². The average Bonchev–Trinajstić information content (AvgIpc) is 2.84. The van der Waals surface area contributed by atoms with Gasteiger partial charge in [-0.25, -0.2) is 9.86 Å². The summed E-state index contributed by atoms with van der Waals surface area (Å²) in [6, 6.07) is 3.56. The van der Waals surface area contributed by atoms with E-state index in [1.54, 1.807) is 18.6 Å². The third-order valence-electron chi connectivity index (χ3n) is 5.90. The number of aliphatic imine (C=N–C) groups is 1. The lowest BCUT2D eigenvalue weighted by Crippen LogP contribution is -2.41. The van der Waals surface area contributed by atoms with Crippen molar-refractivity contribution in [3.63, 3.8) is 0 Å². The molecule has 0 radical (unpaired) electrons. The number of hydroxylamine groups is 2. The van der Waals surface area contributed by atoms with E-state index in [0.717, 1.165) is 37.8 Å². The molecule has 9 heteroatoms. The highest BCUT2D eigenvalue weighted by molar-refractivity contribution is 5.95. The lowest BCUT2D eigenvalue weighted by atomic mass is 9.90. The topological polar surface area (TPSA) is 120 Å². The number of nitriles is 1. The number of urea groups is 1. The summed E-state index contributed by atoms with van der Waals surface area (Å²) < 4.78 is 0. The molecule has 0 spiro atoms. The molecule has 1 fully saturated rings. The predicted molar refractivity (Wildman–Crippen MR) is 130 cm³/mol. The zero-order valence-corrected chi connectivity index (χ0v) is 19.9. The molecule has 1 aliphatic rings. The number of nitrogens with one attached hydrogen (secondary N) is 1. The minimum absolute atomic E-state index is 0.145. The van der Waals surface area contributed by atoms with Crippen LogP contribution in [0.3, 0.4) is 0 Å². The summed E-state index contributed by atoms with van der Waals surface area (Å²) in [5, 5.41) is 13.2. The van der Waals surface area contributed by atoms with E-state index in [1.807, 2.05) is 24.0 Å². The first-order valence-corrected chi connectivity index (χ1v) is 12.2. The van der Waals surface area contributed by atoms with Crippen molar-refractivity contribution in [2.75, 3.05) is 31.1 Å². The monoisotopic (exact) mass is 457 g/mol. The van der Waals surface area contributed by atoms with Gasteiger partial charge < -0.3 is 16.0 Å². The lowest BCUT2D eigenvalue weighted by molar-refractivity contribution is -0.132. The van der Waals surface area contributed by atoms with Crippen LogP contribution < -0.4 is 16.0 Å². The Morgan fingerprint density at radius 2 is 1.85 bits per heavy atom. The molecule has 1 aliphatic carbocycles. The molecule has 9 nitrogen and oxygen atoms in total. The van der Waals surface area contributed by atoms with Crippen LogP contribution in [0.5, 0.6) is 0 Å². The Balaban J connectivity index is 1.70. The van der Waals surface area contributed by atoms with Crippen molar-refractivity contribution in [3.05, 3.63) is 24.5 Å². The molecule has 0 aromatic carbocycles. The Kier molecular flexibility index (Phi) is 12.7. The number of nitrogens with zero attached hydrogens (tertiary/aromatic N) is 5. The predicted octanol–water partition coefficient (Wildman–Crippen LogP) is 4.18. The number of anilines is 1. The van der Waals surface area contributed by atoms with Crippen LogP contribution in [0.15, 0.2) is 29.5 Å². The van der Waals surface area contributed by atoms with Crippen LogP contribution in [-0.4, -0.2) is 48.3 Å². The molecule has 2 amide bonds. The smallest absolute Gasteiger partial charge is 0.341 e. The summed E-state index contributed by atoms with van der Waals surface area (Å²) in [7, 11) is 0. The first kappa shape index (κ1) is 26.4. The third-order valence-corrected chi connectivity index (χ3v) is 5.90. The minimum atomic E-state index is -0.145. The van der Waals surface area contributed by atoms with Crippen LogP contribution in [0.25, 0.3) is 0 Å². The van der Waals surface area contributed by atoms with Crippen LogP contribution in [0.2, 0.25) is 0 Å². The Hall–Kier alpha value is -2.86. The number of aromatic nitrogens is 1. The maximum absolute atomic E-state index is 12.3. The van der Waals surface area contributed by atoms with Gasteiger partial charge in [-0.15, -0.1) is 4.99 Å². The van der Waals surface area contributed by atoms with Gasteiger partial charge in [0.15, 0.2) is 0 Å². The maximum Gasteiger partial charge on any atom is 0.341 e. The van der Waals surface area contributed by atoms with Gasteiger partial charge in [0, 0.05) is 31.2 Å². The van der Waals surface area contributed by atoms with E-state index in [0.29, 0.717) is 32.2 Å². The van der Waals surface area contributed by atoms with E-state index in [1.165, 1.54) is 37.2 Å². The van der Waals surface area contributed by atoms with Crippen LogP contribution >= 0.6 is 0 Å². The quantitative estimate of drug-likeness (QED) is 0.151. The van der Waals surface area contributed by atoms with Crippen molar-refractivity contribution in [3.8, 4) is 6.19 Å². The SMILES string of the molecule is CCNC(=O)N(CCCCCCCN(C(N)=NC#N)c1ccncc1)OCC1CCCCC1. The highest BCUT2D eigenvalue weighted by Crippen LogP contribution is 2.24. The molecule has 1 heterocycles. The summed E-state index contributed by atoms with van der Waals surface area (Å²) >= 11 is 0. The largest absolute Gasteiger partial charge is 0.369 e. The summed E-state index contributed by atoms with van der Waals surface area (Å²) in [6.45, 7) is 4.42. The van der Waals surface area contributed by atoms with Gasteiger partial charge in [0.1, 0.15) is 0 Å². The molecule has 2 rings (SSSR count). The van der Waals surface area contributed by atoms with E-state index in [2.05, 4.69) is 15.3 Å². The third kappa shape index (κ3) is 10.1. The molecule has 0 bridgehead atoms. The van der Waals surface area contributed by atoms with E-state index in [4.69, 9.17) is 15.8 Å². The normalized spacial score (nSPS) is 14.5. The Morgan fingerprint density at radius 1 is 1.18 bits per heavy atom. The molecule has 0 saturated heterocycles. The van der Waals surface area contributed by atoms with Gasteiger partial charge in [-0.2, -0.15) is 5.26 Å². The van der Waals surface area contributed by atoms with Crippen LogP contribution in [0.1, 0.15) is 71.1 Å². The van der Waals surface area contributed by atoms with E-state index >= 15 is 0 Å². The number of nitrogens with two attached hydrogens (primary N) is 1. The Labute approximate surface area is 198 Å². The molecule has 0 unspecified atom stereocenters. The number of guanidine groups is 1. The number of amides is 2. The van der Waals surface area contributed by atoms with Gasteiger partial charge in [-0.3, -0.25) is 9.82 Å². The van der Waals surface area contributed by atoms with Gasteiger partial charge in [0.25, 0.3) is 0 Å².